The third-order valence-electron chi connectivity index (χ3n) is 5.58. The van der Waals surface area contributed by atoms with Gasteiger partial charge in [0.2, 0.25) is 5.82 Å². The molecule has 2 aromatic rings. The summed E-state index contributed by atoms with van der Waals surface area (Å²) in [6.07, 6.45) is -2.26. The number of anilines is 1. The summed E-state index contributed by atoms with van der Waals surface area (Å²) < 4.78 is 46.7. The van der Waals surface area contributed by atoms with E-state index in [0.717, 1.165) is 18.0 Å². The number of fused-ring (bicyclic) bond motifs is 1. The molecule has 208 valence electrons. The average molecular weight is 541 g/mol. The van der Waals surface area contributed by atoms with Gasteiger partial charge in [-0.15, -0.1) is 0 Å². The van der Waals surface area contributed by atoms with Crippen LogP contribution in [0, 0.1) is 11.3 Å². The van der Waals surface area contributed by atoms with Crippen LogP contribution in [0.15, 0.2) is 6.33 Å². The van der Waals surface area contributed by atoms with Crippen LogP contribution in [0.4, 0.5) is 23.8 Å². The second-order valence-corrected chi connectivity index (χ2v) is 10.2. The number of nitrogens with zero attached hydrogens (tertiary/aromatic N) is 8. The maximum absolute atomic E-state index is 13.2. The van der Waals surface area contributed by atoms with E-state index >= 15 is 0 Å². The molecule has 12 nitrogen and oxygen atoms in total. The number of rotatable bonds is 7. The Bertz CT molecular complexity index is 1200. The second kappa shape index (κ2) is 11.4. The first kappa shape index (κ1) is 28.9. The van der Waals surface area contributed by atoms with Crippen LogP contribution in [0.3, 0.4) is 0 Å². The summed E-state index contributed by atoms with van der Waals surface area (Å²) in [4.78, 5) is 44.5. The van der Waals surface area contributed by atoms with Gasteiger partial charge in [0.25, 0.3) is 0 Å². The largest absolute Gasteiger partial charge is 0.493 e. The SMILES string of the molecule is CN(C)CCCn1cnc2c(N(C3CCCC3)N(OC(=O)C(F)(F)F)C(=O)OC(C)(C)C)nc(C#N)nc21. The Kier molecular flexibility index (Phi) is 8.65. The van der Waals surface area contributed by atoms with Crippen LogP contribution in [0.1, 0.15) is 58.7 Å². The van der Waals surface area contributed by atoms with Gasteiger partial charge in [0, 0.05) is 6.54 Å². The molecule has 38 heavy (non-hydrogen) atoms. The maximum atomic E-state index is 13.2. The Morgan fingerprint density at radius 2 is 1.84 bits per heavy atom. The molecule has 0 radical (unpaired) electrons. The van der Waals surface area contributed by atoms with Crippen molar-refractivity contribution in [1.82, 2.24) is 29.6 Å². The van der Waals surface area contributed by atoms with Gasteiger partial charge < -0.3 is 19.0 Å². The van der Waals surface area contributed by atoms with E-state index in [-0.39, 0.29) is 28.0 Å². The third-order valence-corrected chi connectivity index (χ3v) is 5.58. The number of alkyl halides is 3. The summed E-state index contributed by atoms with van der Waals surface area (Å²) in [6, 6.07) is 1.24. The lowest BCUT2D eigenvalue weighted by molar-refractivity contribution is -0.235. The third kappa shape index (κ3) is 7.00. The molecule has 0 atom stereocenters. The number of carbonyl (C=O) groups is 2. The van der Waals surface area contributed by atoms with E-state index in [0.29, 0.717) is 32.2 Å². The number of hydrazine groups is 1. The number of halogens is 3. The summed E-state index contributed by atoms with van der Waals surface area (Å²) >= 11 is 0. The molecule has 1 fully saturated rings. The number of hydrogen-bond donors (Lipinski definition) is 0. The molecule has 0 saturated heterocycles. The topological polar surface area (TPSA) is 130 Å². The number of hydroxylamine groups is 1. The minimum atomic E-state index is -5.39. The molecule has 0 aromatic carbocycles. The van der Waals surface area contributed by atoms with E-state index in [9.17, 15) is 28.0 Å². The number of imidazole rings is 1. The zero-order valence-electron chi connectivity index (χ0n) is 21.9. The first-order valence-corrected chi connectivity index (χ1v) is 12.1. The first-order chi connectivity index (χ1) is 17.7. The Morgan fingerprint density at radius 3 is 2.39 bits per heavy atom. The molecular weight excluding hydrogens is 509 g/mol. The van der Waals surface area contributed by atoms with Gasteiger partial charge in [-0.3, -0.25) is 0 Å². The quantitative estimate of drug-likeness (QED) is 0.481. The normalized spacial score (nSPS) is 14.5. The van der Waals surface area contributed by atoms with Crippen LogP contribution in [-0.4, -0.2) is 80.1 Å². The fourth-order valence-corrected chi connectivity index (χ4v) is 4.02. The van der Waals surface area contributed by atoms with Gasteiger partial charge in [0.05, 0.1) is 12.4 Å². The molecule has 0 spiro atoms. The molecular formula is C23H31F3N8O4. The Hall–Kier alpha value is -3.67. The molecule has 1 aliphatic rings. The van der Waals surface area contributed by atoms with Crippen LogP contribution in [0.25, 0.3) is 11.2 Å². The van der Waals surface area contributed by atoms with Crippen molar-refractivity contribution < 1.29 is 32.3 Å². The van der Waals surface area contributed by atoms with Gasteiger partial charge in [-0.1, -0.05) is 12.8 Å². The van der Waals surface area contributed by atoms with Crippen LogP contribution >= 0.6 is 0 Å². The predicted octanol–water partition coefficient (Wildman–Crippen LogP) is 3.57. The van der Waals surface area contributed by atoms with Gasteiger partial charge in [-0.25, -0.2) is 19.6 Å². The van der Waals surface area contributed by atoms with Crippen molar-refractivity contribution >= 4 is 29.0 Å². The van der Waals surface area contributed by atoms with Gasteiger partial charge >= 0.3 is 18.2 Å². The zero-order valence-corrected chi connectivity index (χ0v) is 21.9. The molecule has 2 aromatic heterocycles. The molecule has 3 rings (SSSR count). The van der Waals surface area contributed by atoms with Crippen molar-refractivity contribution in [2.75, 3.05) is 25.6 Å². The number of ether oxygens (including phenoxy) is 1. The van der Waals surface area contributed by atoms with E-state index in [1.165, 1.54) is 27.1 Å². The fourth-order valence-electron chi connectivity index (χ4n) is 4.02. The number of amides is 1. The number of carbonyl (C=O) groups excluding carboxylic acids is 2. The summed E-state index contributed by atoms with van der Waals surface area (Å²) in [6.45, 7) is 5.79. The van der Waals surface area contributed by atoms with Gasteiger partial charge in [-0.2, -0.15) is 28.4 Å². The lowest BCUT2D eigenvalue weighted by atomic mass is 10.2. The predicted molar refractivity (Wildman–Crippen MR) is 128 cm³/mol. The first-order valence-electron chi connectivity index (χ1n) is 12.1. The van der Waals surface area contributed by atoms with E-state index in [2.05, 4.69) is 19.8 Å². The van der Waals surface area contributed by atoms with E-state index < -0.39 is 29.9 Å². The molecule has 1 saturated carbocycles. The molecule has 0 unspecified atom stereocenters. The molecule has 1 aliphatic carbocycles. The van der Waals surface area contributed by atoms with Crippen molar-refractivity contribution in [2.24, 2.45) is 0 Å². The number of nitriles is 1. The van der Waals surface area contributed by atoms with Crippen LogP contribution in [0.2, 0.25) is 0 Å². The molecule has 15 heteroatoms. The number of hydrogen-bond acceptors (Lipinski definition) is 10. The highest BCUT2D eigenvalue weighted by Gasteiger charge is 2.47. The molecule has 1 amide bonds. The van der Waals surface area contributed by atoms with Gasteiger partial charge in [0.1, 0.15) is 11.7 Å². The standard InChI is InChI=1S/C23H31F3N8O4/c1-22(2,3)37-21(36)34(38-20(35)23(24,25)26)33(15-9-6-7-10-15)19-17-18(29-16(13-27)30-19)32(14-28-17)12-8-11-31(4)5/h14-15H,6-12H2,1-5H3. The van der Waals surface area contributed by atoms with Crippen molar-refractivity contribution in [3.8, 4) is 6.07 Å². The lowest BCUT2D eigenvalue weighted by Gasteiger charge is -2.37. The van der Waals surface area contributed by atoms with Crippen molar-refractivity contribution in [1.29, 1.82) is 5.26 Å². The summed E-state index contributed by atoms with van der Waals surface area (Å²) in [5, 5.41) is 10.8. The number of aromatic nitrogens is 4. The summed E-state index contributed by atoms with van der Waals surface area (Å²) in [5.41, 5.74) is -0.759. The van der Waals surface area contributed by atoms with E-state index in [1.54, 1.807) is 4.57 Å². The van der Waals surface area contributed by atoms with Crippen LogP contribution < -0.4 is 5.01 Å². The zero-order chi connectivity index (χ0) is 28.3. The maximum Gasteiger partial charge on any atom is 0.493 e. The molecule has 2 heterocycles. The molecule has 0 aliphatic heterocycles. The van der Waals surface area contributed by atoms with Gasteiger partial charge in [-0.05, 0) is 65.8 Å². The molecule has 0 N–H and O–H groups in total. The van der Waals surface area contributed by atoms with Crippen LogP contribution in [-0.2, 0) is 20.9 Å². The van der Waals surface area contributed by atoms with Gasteiger partial charge in [0.15, 0.2) is 17.0 Å². The molecule has 0 bridgehead atoms. The highest BCUT2D eigenvalue weighted by Crippen LogP contribution is 2.34. The average Bonchev–Trinajstić information content (AvgIpc) is 3.47. The van der Waals surface area contributed by atoms with Crippen LogP contribution in [0.5, 0.6) is 0 Å². The summed E-state index contributed by atoms with van der Waals surface area (Å²) in [5.74, 6) is -3.06. The van der Waals surface area contributed by atoms with E-state index in [4.69, 9.17) is 4.74 Å². The van der Waals surface area contributed by atoms with Crippen molar-refractivity contribution in [3.05, 3.63) is 12.2 Å². The van der Waals surface area contributed by atoms with Crippen molar-refractivity contribution in [3.63, 3.8) is 0 Å². The minimum absolute atomic E-state index is 0.123. The lowest BCUT2D eigenvalue weighted by Crippen LogP contribution is -2.55. The number of aryl methyl sites for hydroxylation is 1. The Labute approximate surface area is 217 Å². The minimum Gasteiger partial charge on any atom is -0.440 e. The second-order valence-electron chi connectivity index (χ2n) is 10.2. The van der Waals surface area contributed by atoms with E-state index in [1.807, 2.05) is 25.1 Å². The Morgan fingerprint density at radius 1 is 1.18 bits per heavy atom. The Balaban J connectivity index is 2.17. The summed E-state index contributed by atoms with van der Waals surface area (Å²) in [7, 11) is 3.85. The fraction of sp³-hybridized carbons (Fsp3) is 0.652. The monoisotopic (exact) mass is 540 g/mol. The van der Waals surface area contributed by atoms with Crippen molar-refractivity contribution in [2.45, 2.75) is 77.2 Å². The highest BCUT2D eigenvalue weighted by atomic mass is 19.4. The highest BCUT2D eigenvalue weighted by molar-refractivity contribution is 5.86. The smallest absolute Gasteiger partial charge is 0.440 e.